The number of aromatic nitrogens is 1. The van der Waals surface area contributed by atoms with Gasteiger partial charge < -0.3 is 0 Å². The molecule has 0 radical (unpaired) electrons. The molecular formula is C15H17BrFN3. The zero-order chi connectivity index (χ0) is 14.7. The van der Waals surface area contributed by atoms with Crippen molar-refractivity contribution in [3.63, 3.8) is 0 Å². The van der Waals surface area contributed by atoms with Crippen LogP contribution in [0.1, 0.15) is 28.6 Å². The Kier molecular flexibility index (Phi) is 4.86. The summed E-state index contributed by atoms with van der Waals surface area (Å²) >= 11 is 3.25. The zero-order valence-corrected chi connectivity index (χ0v) is 13.0. The summed E-state index contributed by atoms with van der Waals surface area (Å²) in [5.74, 6) is 5.39. The van der Waals surface area contributed by atoms with Crippen LogP contribution in [0.3, 0.4) is 0 Å². The molecule has 2 aromatic rings. The molecule has 0 aliphatic heterocycles. The molecule has 1 heterocycles. The molecular weight excluding hydrogens is 321 g/mol. The maximum atomic E-state index is 13.9. The van der Waals surface area contributed by atoms with Crippen molar-refractivity contribution < 1.29 is 4.39 Å². The predicted molar refractivity (Wildman–Crippen MR) is 81.6 cm³/mol. The second kappa shape index (κ2) is 6.43. The van der Waals surface area contributed by atoms with E-state index in [9.17, 15) is 4.39 Å². The van der Waals surface area contributed by atoms with Crippen molar-refractivity contribution in [2.45, 2.75) is 26.3 Å². The maximum Gasteiger partial charge on any atom is 0.127 e. The van der Waals surface area contributed by atoms with Crippen molar-refractivity contribution in [1.29, 1.82) is 0 Å². The molecule has 0 bridgehead atoms. The van der Waals surface area contributed by atoms with Crippen LogP contribution in [-0.2, 0) is 6.42 Å². The lowest BCUT2D eigenvalue weighted by Crippen LogP contribution is -2.30. The maximum absolute atomic E-state index is 13.9. The van der Waals surface area contributed by atoms with Crippen LogP contribution >= 0.6 is 15.9 Å². The average molecular weight is 338 g/mol. The molecule has 0 amide bonds. The second-order valence-corrected chi connectivity index (χ2v) is 5.70. The topological polar surface area (TPSA) is 50.9 Å². The number of rotatable bonds is 4. The van der Waals surface area contributed by atoms with Crippen molar-refractivity contribution in [3.05, 3.63) is 63.1 Å². The smallest absolute Gasteiger partial charge is 0.127 e. The summed E-state index contributed by atoms with van der Waals surface area (Å²) in [5.41, 5.74) is 6.22. The Bertz CT molecular complexity index is 616. The van der Waals surface area contributed by atoms with E-state index in [0.717, 1.165) is 21.4 Å². The minimum atomic E-state index is -0.239. The molecule has 0 saturated carbocycles. The Morgan fingerprint density at radius 3 is 2.65 bits per heavy atom. The Hall–Kier alpha value is -1.30. The third-order valence-corrected chi connectivity index (χ3v) is 3.77. The largest absolute Gasteiger partial charge is 0.271 e. The van der Waals surface area contributed by atoms with Crippen LogP contribution in [0.4, 0.5) is 4.39 Å². The highest BCUT2D eigenvalue weighted by atomic mass is 79.9. The van der Waals surface area contributed by atoms with Gasteiger partial charge in [-0.25, -0.2) is 4.39 Å². The molecule has 0 aliphatic rings. The van der Waals surface area contributed by atoms with E-state index in [1.807, 2.05) is 32.0 Å². The first-order valence-electron chi connectivity index (χ1n) is 6.35. The van der Waals surface area contributed by atoms with Crippen molar-refractivity contribution in [2.75, 3.05) is 0 Å². The number of pyridine rings is 1. The molecule has 0 fully saturated rings. The molecule has 5 heteroatoms. The SMILES string of the molecule is Cc1ccc(C(Cc2ccc(Br)cc2F)NN)c(C)n1. The molecule has 3 N–H and O–H groups in total. The van der Waals surface area contributed by atoms with Crippen LogP contribution in [0, 0.1) is 19.7 Å². The number of benzene rings is 1. The number of aryl methyl sites for hydroxylation is 2. The minimum absolute atomic E-state index is 0.168. The number of hydrogen-bond acceptors (Lipinski definition) is 3. The molecule has 20 heavy (non-hydrogen) atoms. The average Bonchev–Trinajstić information content (AvgIpc) is 2.39. The van der Waals surface area contributed by atoms with E-state index in [2.05, 4.69) is 26.3 Å². The fourth-order valence-corrected chi connectivity index (χ4v) is 2.56. The number of nitrogens with two attached hydrogens (primary N) is 1. The van der Waals surface area contributed by atoms with Crippen molar-refractivity contribution in [3.8, 4) is 0 Å². The van der Waals surface area contributed by atoms with E-state index >= 15 is 0 Å². The summed E-state index contributed by atoms with van der Waals surface area (Å²) in [6.45, 7) is 3.88. The normalized spacial score (nSPS) is 12.4. The molecule has 0 spiro atoms. The highest BCUT2D eigenvalue weighted by Gasteiger charge is 2.16. The van der Waals surface area contributed by atoms with Gasteiger partial charge >= 0.3 is 0 Å². The van der Waals surface area contributed by atoms with E-state index in [1.54, 1.807) is 6.07 Å². The molecule has 0 saturated heterocycles. The van der Waals surface area contributed by atoms with Crippen LogP contribution < -0.4 is 11.3 Å². The highest BCUT2D eigenvalue weighted by Crippen LogP contribution is 2.23. The van der Waals surface area contributed by atoms with Gasteiger partial charge in [-0.15, -0.1) is 0 Å². The third-order valence-electron chi connectivity index (χ3n) is 3.28. The van der Waals surface area contributed by atoms with Crippen LogP contribution in [-0.4, -0.2) is 4.98 Å². The van der Waals surface area contributed by atoms with E-state index in [1.165, 1.54) is 6.07 Å². The van der Waals surface area contributed by atoms with Crippen LogP contribution in [0.25, 0.3) is 0 Å². The highest BCUT2D eigenvalue weighted by molar-refractivity contribution is 9.10. The molecule has 1 atom stereocenters. The Labute approximate surface area is 126 Å². The Balaban J connectivity index is 2.28. The van der Waals surface area contributed by atoms with Crippen molar-refractivity contribution in [1.82, 2.24) is 10.4 Å². The lowest BCUT2D eigenvalue weighted by atomic mass is 9.98. The fourth-order valence-electron chi connectivity index (χ4n) is 2.23. The number of hydrazine groups is 1. The standard InChI is InChI=1S/C15H17BrFN3/c1-9-3-6-13(10(2)19-9)15(20-18)7-11-4-5-12(16)8-14(11)17/h3-6,8,15,20H,7,18H2,1-2H3. The number of hydrogen-bond donors (Lipinski definition) is 2. The monoisotopic (exact) mass is 337 g/mol. The van der Waals surface area contributed by atoms with E-state index in [0.29, 0.717) is 12.0 Å². The van der Waals surface area contributed by atoms with Gasteiger partial charge in [-0.1, -0.05) is 28.1 Å². The van der Waals surface area contributed by atoms with E-state index < -0.39 is 0 Å². The lowest BCUT2D eigenvalue weighted by molar-refractivity contribution is 0.525. The number of nitrogens with zero attached hydrogens (tertiary/aromatic N) is 1. The molecule has 1 unspecified atom stereocenters. The van der Waals surface area contributed by atoms with Gasteiger partial charge in [0, 0.05) is 15.9 Å². The summed E-state index contributed by atoms with van der Waals surface area (Å²) < 4.78 is 14.6. The number of nitrogens with one attached hydrogen (secondary N) is 1. The van der Waals surface area contributed by atoms with E-state index in [-0.39, 0.29) is 11.9 Å². The molecule has 0 aliphatic carbocycles. The first-order valence-corrected chi connectivity index (χ1v) is 7.14. The number of halogens is 2. The van der Waals surface area contributed by atoms with Crippen LogP contribution in [0.2, 0.25) is 0 Å². The molecule has 1 aromatic carbocycles. The molecule has 106 valence electrons. The van der Waals surface area contributed by atoms with Gasteiger partial charge in [0.15, 0.2) is 0 Å². The molecule has 2 rings (SSSR count). The lowest BCUT2D eigenvalue weighted by Gasteiger charge is -2.19. The van der Waals surface area contributed by atoms with Gasteiger partial charge in [0.2, 0.25) is 0 Å². The second-order valence-electron chi connectivity index (χ2n) is 4.79. The molecule has 3 nitrogen and oxygen atoms in total. The first kappa shape index (κ1) is 15.1. The predicted octanol–water partition coefficient (Wildman–Crippen LogP) is 3.35. The van der Waals surface area contributed by atoms with Gasteiger partial charge in [-0.3, -0.25) is 16.3 Å². The van der Waals surface area contributed by atoms with Crippen molar-refractivity contribution >= 4 is 15.9 Å². The molecule has 1 aromatic heterocycles. The van der Waals surface area contributed by atoms with Gasteiger partial charge in [0.05, 0.1) is 6.04 Å². The van der Waals surface area contributed by atoms with Gasteiger partial charge in [-0.2, -0.15) is 0 Å². The van der Waals surface area contributed by atoms with E-state index in [4.69, 9.17) is 5.84 Å². The summed E-state index contributed by atoms with van der Waals surface area (Å²) in [6.07, 6.45) is 0.473. The van der Waals surface area contributed by atoms with Crippen LogP contribution in [0.5, 0.6) is 0 Å². The fraction of sp³-hybridized carbons (Fsp3) is 0.267. The summed E-state index contributed by atoms with van der Waals surface area (Å²) in [4.78, 5) is 4.42. The Morgan fingerprint density at radius 1 is 1.30 bits per heavy atom. The van der Waals surface area contributed by atoms with Crippen molar-refractivity contribution in [2.24, 2.45) is 5.84 Å². The van der Waals surface area contributed by atoms with Gasteiger partial charge in [0.1, 0.15) is 5.82 Å². The summed E-state index contributed by atoms with van der Waals surface area (Å²) in [7, 11) is 0. The first-order chi connectivity index (χ1) is 9.51. The van der Waals surface area contributed by atoms with Crippen LogP contribution in [0.15, 0.2) is 34.8 Å². The zero-order valence-electron chi connectivity index (χ0n) is 11.5. The summed E-state index contributed by atoms with van der Waals surface area (Å²) in [6, 6.07) is 8.80. The minimum Gasteiger partial charge on any atom is -0.271 e. The summed E-state index contributed by atoms with van der Waals surface area (Å²) in [5, 5.41) is 0. The Morgan fingerprint density at radius 2 is 2.05 bits per heavy atom. The quantitative estimate of drug-likeness (QED) is 0.664. The van der Waals surface area contributed by atoms with Gasteiger partial charge in [0.25, 0.3) is 0 Å². The van der Waals surface area contributed by atoms with Gasteiger partial charge in [-0.05, 0) is 49.6 Å². The third kappa shape index (κ3) is 3.42.